The Balaban J connectivity index is 1.95. The molecule has 1 N–H and O–H groups in total. The number of hydrogen-bond acceptors (Lipinski definition) is 3. The molecular weight excluding hydrogens is 250 g/mol. The van der Waals surface area contributed by atoms with E-state index in [1.165, 1.54) is 11.1 Å². The molecule has 104 valence electrons. The molecule has 0 bridgehead atoms. The van der Waals surface area contributed by atoms with Gasteiger partial charge in [0.2, 0.25) is 0 Å². The van der Waals surface area contributed by atoms with Gasteiger partial charge in [-0.25, -0.2) is 0 Å². The highest BCUT2D eigenvalue weighted by molar-refractivity contribution is 5.33. The van der Waals surface area contributed by atoms with Crippen molar-refractivity contribution in [1.29, 1.82) is 0 Å². The van der Waals surface area contributed by atoms with Crippen LogP contribution in [0.3, 0.4) is 0 Å². The van der Waals surface area contributed by atoms with E-state index in [1.807, 2.05) is 30.3 Å². The van der Waals surface area contributed by atoms with E-state index in [0.29, 0.717) is 0 Å². The Labute approximate surface area is 119 Å². The fourth-order valence-electron chi connectivity index (χ4n) is 2.64. The van der Waals surface area contributed by atoms with Crippen molar-refractivity contribution in [2.45, 2.75) is 18.8 Å². The van der Waals surface area contributed by atoms with Crippen molar-refractivity contribution in [3.8, 4) is 5.75 Å². The average Bonchev–Trinajstić information content (AvgIpc) is 2.68. The fraction of sp³-hybridized carbons (Fsp3) is 0.294. The maximum Gasteiger partial charge on any atom is 0.163 e. The van der Waals surface area contributed by atoms with Crippen molar-refractivity contribution >= 4 is 0 Å². The van der Waals surface area contributed by atoms with Gasteiger partial charge in [-0.1, -0.05) is 42.5 Å². The first-order chi connectivity index (χ1) is 9.88. The molecule has 20 heavy (non-hydrogen) atoms. The molecule has 3 nitrogen and oxygen atoms in total. The predicted octanol–water partition coefficient (Wildman–Crippen LogP) is 2.92. The van der Waals surface area contributed by atoms with Crippen LogP contribution in [0, 0.1) is 0 Å². The van der Waals surface area contributed by atoms with E-state index in [2.05, 4.69) is 29.6 Å². The number of nitrogens with one attached hydrogen (secondary N) is 1. The average molecular weight is 269 g/mol. The van der Waals surface area contributed by atoms with Gasteiger partial charge in [0, 0.05) is 13.7 Å². The van der Waals surface area contributed by atoms with Gasteiger partial charge in [0.05, 0.1) is 0 Å². The normalized spacial score (nSPS) is 21.9. The minimum Gasteiger partial charge on any atom is -0.482 e. The van der Waals surface area contributed by atoms with Gasteiger partial charge in [-0.15, -0.1) is 0 Å². The quantitative estimate of drug-likeness (QED) is 0.929. The maximum atomic E-state index is 6.18. The van der Waals surface area contributed by atoms with Crippen molar-refractivity contribution in [3.05, 3.63) is 65.7 Å². The molecule has 2 aromatic carbocycles. The van der Waals surface area contributed by atoms with Crippen LogP contribution in [0.5, 0.6) is 5.75 Å². The van der Waals surface area contributed by atoms with Crippen molar-refractivity contribution < 1.29 is 9.47 Å². The Morgan fingerprint density at radius 3 is 2.55 bits per heavy atom. The third kappa shape index (κ3) is 2.69. The van der Waals surface area contributed by atoms with Crippen LogP contribution in [0.25, 0.3) is 0 Å². The van der Waals surface area contributed by atoms with Gasteiger partial charge >= 0.3 is 0 Å². The van der Waals surface area contributed by atoms with Crippen LogP contribution in [-0.2, 0) is 11.2 Å². The third-order valence-electron chi connectivity index (χ3n) is 3.64. The van der Waals surface area contributed by atoms with E-state index in [9.17, 15) is 0 Å². The summed E-state index contributed by atoms with van der Waals surface area (Å²) in [4.78, 5) is 0. The van der Waals surface area contributed by atoms with Crippen molar-refractivity contribution in [3.63, 3.8) is 0 Å². The molecule has 3 heteroatoms. The summed E-state index contributed by atoms with van der Waals surface area (Å²) in [5.74, 6) is 0.859. The second kappa shape index (κ2) is 6.07. The molecule has 1 aliphatic rings. The summed E-state index contributed by atoms with van der Waals surface area (Å²) >= 11 is 0. The zero-order valence-electron chi connectivity index (χ0n) is 11.6. The number of fused-ring (bicyclic) bond motifs is 1. The number of para-hydroxylation sites is 1. The van der Waals surface area contributed by atoms with E-state index in [4.69, 9.17) is 9.47 Å². The van der Waals surface area contributed by atoms with E-state index >= 15 is 0 Å². The topological polar surface area (TPSA) is 30.5 Å². The predicted molar refractivity (Wildman–Crippen MR) is 78.8 cm³/mol. The summed E-state index contributed by atoms with van der Waals surface area (Å²) in [6.07, 6.45) is 0.713. The third-order valence-corrected chi connectivity index (χ3v) is 3.64. The highest BCUT2D eigenvalue weighted by Crippen LogP contribution is 2.29. The summed E-state index contributed by atoms with van der Waals surface area (Å²) in [7, 11) is 1.72. The molecule has 2 aromatic rings. The van der Waals surface area contributed by atoms with Gasteiger partial charge in [-0.2, -0.15) is 0 Å². The Kier molecular flexibility index (Phi) is 4.00. The Bertz CT molecular complexity index is 556. The Hall–Kier alpha value is -1.84. The minimum absolute atomic E-state index is 0.138. The first kappa shape index (κ1) is 13.2. The number of benzene rings is 2. The van der Waals surface area contributed by atoms with Crippen LogP contribution in [0.15, 0.2) is 54.6 Å². The van der Waals surface area contributed by atoms with Crippen molar-refractivity contribution in [2.24, 2.45) is 0 Å². The molecule has 0 spiro atoms. The lowest BCUT2D eigenvalue weighted by atomic mass is 10.0. The van der Waals surface area contributed by atoms with Crippen molar-refractivity contribution in [2.75, 3.05) is 13.7 Å². The molecule has 0 saturated heterocycles. The lowest BCUT2D eigenvalue weighted by molar-refractivity contribution is -0.0175. The molecule has 0 aromatic heterocycles. The standard InChI is InChI=1S/C17H19NO2/c1-19-17-16(20-14-8-3-2-4-9-14)15-10-6-5-7-13(15)11-12-18-17/h2-10,16-18H,11-12H2,1H3. The first-order valence-corrected chi connectivity index (χ1v) is 6.94. The van der Waals surface area contributed by atoms with Crippen molar-refractivity contribution in [1.82, 2.24) is 5.32 Å². The second-order valence-corrected chi connectivity index (χ2v) is 4.91. The molecule has 0 amide bonds. The van der Waals surface area contributed by atoms with E-state index in [1.54, 1.807) is 7.11 Å². The largest absolute Gasteiger partial charge is 0.482 e. The zero-order valence-corrected chi connectivity index (χ0v) is 11.6. The van der Waals surface area contributed by atoms with E-state index in [0.717, 1.165) is 18.7 Å². The SMILES string of the molecule is COC1NCCc2ccccc2C1Oc1ccccc1. The van der Waals surface area contributed by atoms with E-state index in [-0.39, 0.29) is 12.3 Å². The highest BCUT2D eigenvalue weighted by atomic mass is 16.5. The molecule has 2 unspecified atom stereocenters. The first-order valence-electron chi connectivity index (χ1n) is 6.94. The molecule has 2 atom stereocenters. The second-order valence-electron chi connectivity index (χ2n) is 4.91. The molecule has 0 fully saturated rings. The van der Waals surface area contributed by atoms with Gasteiger partial charge in [-0.3, -0.25) is 5.32 Å². The number of hydrogen-bond donors (Lipinski definition) is 1. The lowest BCUT2D eigenvalue weighted by Gasteiger charge is -2.26. The molecule has 0 radical (unpaired) electrons. The number of rotatable bonds is 3. The number of ether oxygens (including phenoxy) is 2. The van der Waals surface area contributed by atoms with Crippen LogP contribution >= 0.6 is 0 Å². The minimum atomic E-state index is -0.140. The van der Waals surface area contributed by atoms with Crippen LogP contribution < -0.4 is 10.1 Å². The van der Waals surface area contributed by atoms with E-state index < -0.39 is 0 Å². The molecular formula is C17H19NO2. The van der Waals surface area contributed by atoms with Crippen LogP contribution in [0.2, 0.25) is 0 Å². The number of methoxy groups -OCH3 is 1. The molecule has 0 aliphatic carbocycles. The molecule has 3 rings (SSSR count). The smallest absolute Gasteiger partial charge is 0.163 e. The molecule has 0 saturated carbocycles. The summed E-state index contributed by atoms with van der Waals surface area (Å²) in [5, 5.41) is 3.40. The Morgan fingerprint density at radius 1 is 1.00 bits per heavy atom. The summed E-state index contributed by atoms with van der Waals surface area (Å²) in [6.45, 7) is 0.893. The molecule has 1 aliphatic heterocycles. The van der Waals surface area contributed by atoms with Crippen LogP contribution in [0.4, 0.5) is 0 Å². The summed E-state index contributed by atoms with van der Waals surface area (Å²) in [5.41, 5.74) is 2.52. The fourth-order valence-corrected chi connectivity index (χ4v) is 2.64. The highest BCUT2D eigenvalue weighted by Gasteiger charge is 2.29. The van der Waals surface area contributed by atoms with Crippen LogP contribution in [-0.4, -0.2) is 19.9 Å². The summed E-state index contributed by atoms with van der Waals surface area (Å²) < 4.78 is 11.8. The van der Waals surface area contributed by atoms with Gasteiger partial charge < -0.3 is 9.47 Å². The maximum absolute atomic E-state index is 6.18. The van der Waals surface area contributed by atoms with Gasteiger partial charge in [0.1, 0.15) is 12.0 Å². The molecule has 1 heterocycles. The van der Waals surface area contributed by atoms with Crippen LogP contribution in [0.1, 0.15) is 17.2 Å². The lowest BCUT2D eigenvalue weighted by Crippen LogP contribution is -2.38. The van der Waals surface area contributed by atoms with Gasteiger partial charge in [0.25, 0.3) is 0 Å². The monoisotopic (exact) mass is 269 g/mol. The zero-order chi connectivity index (χ0) is 13.8. The van der Waals surface area contributed by atoms with Gasteiger partial charge in [-0.05, 0) is 29.7 Å². The summed E-state index contributed by atoms with van der Waals surface area (Å²) in [6, 6.07) is 18.3. The Morgan fingerprint density at radius 2 is 1.75 bits per heavy atom. The van der Waals surface area contributed by atoms with Gasteiger partial charge in [0.15, 0.2) is 6.10 Å².